The third kappa shape index (κ3) is 4.61. The van der Waals surface area contributed by atoms with Gasteiger partial charge in [-0.1, -0.05) is 42.5 Å². The molecule has 2 aromatic carbocycles. The maximum atomic E-state index is 12.8. The molecule has 0 unspecified atom stereocenters. The van der Waals surface area contributed by atoms with Crippen molar-refractivity contribution in [3.8, 4) is 0 Å². The van der Waals surface area contributed by atoms with Gasteiger partial charge in [0.25, 0.3) is 0 Å². The molecule has 27 heavy (non-hydrogen) atoms. The zero-order valence-electron chi connectivity index (χ0n) is 15.1. The molecule has 1 fully saturated rings. The summed E-state index contributed by atoms with van der Waals surface area (Å²) in [7, 11) is -3.23. The van der Waals surface area contributed by atoms with Gasteiger partial charge < -0.3 is 5.32 Å². The van der Waals surface area contributed by atoms with Crippen LogP contribution in [0.4, 0.5) is 5.69 Å². The molecule has 1 aliphatic heterocycles. The topological polar surface area (TPSA) is 83.6 Å². The molecule has 0 radical (unpaired) electrons. The molecule has 7 heteroatoms. The van der Waals surface area contributed by atoms with E-state index in [0.29, 0.717) is 42.7 Å². The van der Waals surface area contributed by atoms with Crippen molar-refractivity contribution in [1.29, 1.82) is 0 Å². The first kappa shape index (κ1) is 19.3. The summed E-state index contributed by atoms with van der Waals surface area (Å²) in [6.07, 6.45) is 2.11. The summed E-state index contributed by atoms with van der Waals surface area (Å²) in [5.41, 5.74) is 1.47. The van der Waals surface area contributed by atoms with Crippen LogP contribution in [0.25, 0.3) is 0 Å². The van der Waals surface area contributed by atoms with Crippen LogP contribution in [0.15, 0.2) is 54.6 Å². The Kier molecular flexibility index (Phi) is 5.72. The van der Waals surface area contributed by atoms with Gasteiger partial charge in [0, 0.05) is 30.1 Å². The fourth-order valence-corrected chi connectivity index (χ4v) is 4.09. The summed E-state index contributed by atoms with van der Waals surface area (Å²) in [5, 5.41) is 2.86. The average Bonchev–Trinajstić information content (AvgIpc) is 2.68. The van der Waals surface area contributed by atoms with E-state index >= 15 is 0 Å². The Balaban J connectivity index is 1.72. The number of hydrogen-bond acceptors (Lipinski definition) is 4. The maximum absolute atomic E-state index is 12.8. The molecule has 3 rings (SSSR count). The fraction of sp³-hybridized carbons (Fsp3) is 0.300. The first-order valence-corrected chi connectivity index (χ1v) is 10.7. The molecule has 1 amide bonds. The van der Waals surface area contributed by atoms with Gasteiger partial charge in [0.2, 0.25) is 15.9 Å². The van der Waals surface area contributed by atoms with Gasteiger partial charge in [0.15, 0.2) is 5.78 Å². The quantitative estimate of drug-likeness (QED) is 0.801. The lowest BCUT2D eigenvalue weighted by Crippen LogP contribution is -2.41. The van der Waals surface area contributed by atoms with Crippen LogP contribution >= 0.6 is 0 Å². The van der Waals surface area contributed by atoms with Crippen LogP contribution in [0.3, 0.4) is 0 Å². The van der Waals surface area contributed by atoms with Crippen molar-refractivity contribution in [2.75, 3.05) is 24.7 Å². The standard InChI is InChI=1S/C20H22N2O4S/c1-27(25,26)22-13-11-16(12-14-22)20(24)21-18-10-6-5-9-17(18)19(23)15-7-3-2-4-8-15/h2-10,16H,11-14H2,1H3,(H,21,24). The molecule has 1 aliphatic rings. The summed E-state index contributed by atoms with van der Waals surface area (Å²) in [6.45, 7) is 0.670. The van der Waals surface area contributed by atoms with E-state index in [1.807, 2.05) is 6.07 Å². The van der Waals surface area contributed by atoms with E-state index in [-0.39, 0.29) is 17.6 Å². The van der Waals surface area contributed by atoms with Gasteiger partial charge in [0.05, 0.1) is 11.9 Å². The van der Waals surface area contributed by atoms with E-state index in [0.717, 1.165) is 0 Å². The molecule has 1 heterocycles. The number of carbonyl (C=O) groups excluding carboxylic acids is 2. The smallest absolute Gasteiger partial charge is 0.227 e. The van der Waals surface area contributed by atoms with Gasteiger partial charge in [0.1, 0.15) is 0 Å². The highest BCUT2D eigenvalue weighted by atomic mass is 32.2. The lowest BCUT2D eigenvalue weighted by Gasteiger charge is -2.29. The molecule has 0 aliphatic carbocycles. The number of para-hydroxylation sites is 1. The van der Waals surface area contributed by atoms with E-state index in [1.165, 1.54) is 10.6 Å². The van der Waals surface area contributed by atoms with Crippen molar-refractivity contribution in [2.24, 2.45) is 5.92 Å². The van der Waals surface area contributed by atoms with E-state index < -0.39 is 10.0 Å². The minimum Gasteiger partial charge on any atom is -0.325 e. The molecule has 2 aromatic rings. The van der Waals surface area contributed by atoms with Crippen LogP contribution in [0.5, 0.6) is 0 Å². The SMILES string of the molecule is CS(=O)(=O)N1CCC(C(=O)Nc2ccccc2C(=O)c2ccccc2)CC1. The number of carbonyl (C=O) groups is 2. The highest BCUT2D eigenvalue weighted by Crippen LogP contribution is 2.24. The van der Waals surface area contributed by atoms with E-state index in [4.69, 9.17) is 0 Å². The Morgan fingerprint density at radius 2 is 1.56 bits per heavy atom. The molecular formula is C20H22N2O4S. The molecule has 1 saturated heterocycles. The minimum atomic E-state index is -3.23. The lowest BCUT2D eigenvalue weighted by atomic mass is 9.96. The van der Waals surface area contributed by atoms with Crippen LogP contribution in [0, 0.1) is 5.92 Å². The van der Waals surface area contributed by atoms with E-state index in [2.05, 4.69) is 5.32 Å². The van der Waals surface area contributed by atoms with Gasteiger partial charge in [-0.15, -0.1) is 0 Å². The maximum Gasteiger partial charge on any atom is 0.227 e. The second-order valence-corrected chi connectivity index (χ2v) is 8.65. The molecular weight excluding hydrogens is 364 g/mol. The Morgan fingerprint density at radius 1 is 0.963 bits per heavy atom. The van der Waals surface area contributed by atoms with Crippen LogP contribution in [0.1, 0.15) is 28.8 Å². The highest BCUT2D eigenvalue weighted by molar-refractivity contribution is 7.88. The Hall–Kier alpha value is -2.51. The zero-order valence-corrected chi connectivity index (χ0v) is 15.9. The number of ketones is 1. The summed E-state index contributed by atoms with van der Waals surface area (Å²) < 4.78 is 24.6. The van der Waals surface area contributed by atoms with Gasteiger partial charge in [-0.3, -0.25) is 9.59 Å². The predicted octanol–water partition coefficient (Wildman–Crippen LogP) is 2.53. The second-order valence-electron chi connectivity index (χ2n) is 6.67. The van der Waals surface area contributed by atoms with Gasteiger partial charge in [-0.25, -0.2) is 12.7 Å². The summed E-state index contributed by atoms with van der Waals surface area (Å²) in [4.78, 5) is 25.4. The Bertz CT molecular complexity index is 933. The van der Waals surface area contributed by atoms with Crippen LogP contribution < -0.4 is 5.32 Å². The third-order valence-electron chi connectivity index (χ3n) is 4.76. The number of amides is 1. The number of hydrogen-bond donors (Lipinski definition) is 1. The Labute approximate surface area is 159 Å². The number of nitrogens with zero attached hydrogens (tertiary/aromatic N) is 1. The van der Waals surface area contributed by atoms with Crippen molar-refractivity contribution in [3.05, 3.63) is 65.7 Å². The average molecular weight is 386 g/mol. The summed E-state index contributed by atoms with van der Waals surface area (Å²) >= 11 is 0. The van der Waals surface area contributed by atoms with Crippen molar-refractivity contribution in [1.82, 2.24) is 4.31 Å². The lowest BCUT2D eigenvalue weighted by molar-refractivity contribution is -0.120. The van der Waals surface area contributed by atoms with Gasteiger partial charge in [-0.05, 0) is 25.0 Å². The molecule has 6 nitrogen and oxygen atoms in total. The van der Waals surface area contributed by atoms with Crippen LogP contribution in [-0.2, 0) is 14.8 Å². The largest absolute Gasteiger partial charge is 0.325 e. The minimum absolute atomic E-state index is 0.154. The number of anilines is 1. The van der Waals surface area contributed by atoms with Crippen molar-refractivity contribution in [2.45, 2.75) is 12.8 Å². The third-order valence-corrected chi connectivity index (χ3v) is 6.06. The monoisotopic (exact) mass is 386 g/mol. The normalized spacial score (nSPS) is 16.0. The molecule has 0 saturated carbocycles. The molecule has 0 aromatic heterocycles. The zero-order chi connectivity index (χ0) is 19.4. The second kappa shape index (κ2) is 8.02. The molecule has 1 N–H and O–H groups in total. The number of nitrogens with one attached hydrogen (secondary N) is 1. The number of piperidine rings is 1. The number of sulfonamides is 1. The highest BCUT2D eigenvalue weighted by Gasteiger charge is 2.29. The van der Waals surface area contributed by atoms with Crippen LogP contribution in [0.2, 0.25) is 0 Å². The van der Waals surface area contributed by atoms with E-state index in [1.54, 1.807) is 48.5 Å². The first-order chi connectivity index (χ1) is 12.9. The van der Waals surface area contributed by atoms with E-state index in [9.17, 15) is 18.0 Å². The summed E-state index contributed by atoms with van der Waals surface area (Å²) in [5.74, 6) is -0.613. The van der Waals surface area contributed by atoms with Gasteiger partial charge in [-0.2, -0.15) is 0 Å². The molecule has 0 bridgehead atoms. The molecule has 0 spiro atoms. The fourth-order valence-electron chi connectivity index (χ4n) is 3.22. The Morgan fingerprint density at radius 3 is 2.19 bits per heavy atom. The van der Waals surface area contributed by atoms with Crippen molar-refractivity contribution >= 4 is 27.4 Å². The molecule has 0 atom stereocenters. The number of benzene rings is 2. The van der Waals surface area contributed by atoms with Gasteiger partial charge >= 0.3 is 0 Å². The van der Waals surface area contributed by atoms with Crippen molar-refractivity contribution in [3.63, 3.8) is 0 Å². The number of rotatable bonds is 5. The summed E-state index contributed by atoms with van der Waals surface area (Å²) in [6, 6.07) is 15.8. The van der Waals surface area contributed by atoms with Crippen molar-refractivity contribution < 1.29 is 18.0 Å². The van der Waals surface area contributed by atoms with Crippen LogP contribution in [-0.4, -0.2) is 43.8 Å². The molecule has 142 valence electrons. The first-order valence-electron chi connectivity index (χ1n) is 8.81. The predicted molar refractivity (Wildman–Crippen MR) is 104 cm³/mol.